The van der Waals surface area contributed by atoms with Crippen molar-refractivity contribution in [1.29, 1.82) is 0 Å². The second-order valence-corrected chi connectivity index (χ2v) is 4.44. The van der Waals surface area contributed by atoms with E-state index in [1.165, 1.54) is 12.1 Å². The number of hydrogen-bond donors (Lipinski definition) is 1. The molecule has 0 spiro atoms. The second-order valence-electron chi connectivity index (χ2n) is 2.91. The van der Waals surface area contributed by atoms with Crippen molar-refractivity contribution in [2.45, 2.75) is 11.5 Å². The van der Waals surface area contributed by atoms with Crippen molar-refractivity contribution < 1.29 is 17.9 Å². The molecule has 6 heteroatoms. The van der Waals surface area contributed by atoms with Crippen LogP contribution in [-0.4, -0.2) is 14.4 Å². The molecule has 1 heterocycles. The largest absolute Gasteiger partial charge is 0.457 e. The van der Waals surface area contributed by atoms with Gasteiger partial charge in [0.25, 0.3) is 0 Å². The Morgan fingerprint density at radius 2 is 2.07 bits per heavy atom. The Morgan fingerprint density at radius 3 is 2.71 bits per heavy atom. The Hall–Kier alpha value is -1.40. The number of sulfonamides is 1. The SMILES string of the molecule is NS(=O)(=O)c1cccc2c1C(=O)OC2. The molecule has 0 fully saturated rings. The van der Waals surface area contributed by atoms with Gasteiger partial charge in [-0.25, -0.2) is 18.4 Å². The average molecular weight is 213 g/mol. The van der Waals surface area contributed by atoms with Crippen LogP contribution in [0.3, 0.4) is 0 Å². The van der Waals surface area contributed by atoms with E-state index in [1.54, 1.807) is 6.07 Å². The van der Waals surface area contributed by atoms with Crippen molar-refractivity contribution >= 4 is 16.0 Å². The molecule has 0 unspecified atom stereocenters. The smallest absolute Gasteiger partial charge is 0.340 e. The first kappa shape index (κ1) is 9.17. The fraction of sp³-hybridized carbons (Fsp3) is 0.125. The van der Waals surface area contributed by atoms with Crippen LogP contribution in [0.5, 0.6) is 0 Å². The lowest BCUT2D eigenvalue weighted by Gasteiger charge is -2.01. The summed E-state index contributed by atoms with van der Waals surface area (Å²) in [4.78, 5) is 11.0. The van der Waals surface area contributed by atoms with Crippen LogP contribution >= 0.6 is 0 Å². The molecule has 14 heavy (non-hydrogen) atoms. The molecule has 0 aromatic heterocycles. The molecule has 74 valence electrons. The predicted molar refractivity (Wildman–Crippen MR) is 46.9 cm³/mol. The zero-order valence-corrected chi connectivity index (χ0v) is 7.87. The quantitative estimate of drug-likeness (QED) is 0.665. The lowest BCUT2D eigenvalue weighted by atomic mass is 10.1. The van der Waals surface area contributed by atoms with Gasteiger partial charge in [-0.3, -0.25) is 0 Å². The number of nitrogens with two attached hydrogens (primary N) is 1. The maximum absolute atomic E-state index is 11.2. The summed E-state index contributed by atoms with van der Waals surface area (Å²) in [6, 6.07) is 4.45. The van der Waals surface area contributed by atoms with Gasteiger partial charge in [0.1, 0.15) is 6.61 Å². The van der Waals surface area contributed by atoms with Crippen molar-refractivity contribution in [2.75, 3.05) is 0 Å². The Bertz CT molecular complexity index is 506. The van der Waals surface area contributed by atoms with E-state index in [0.717, 1.165) is 0 Å². The van der Waals surface area contributed by atoms with E-state index in [2.05, 4.69) is 0 Å². The van der Waals surface area contributed by atoms with Crippen LogP contribution in [0.15, 0.2) is 23.1 Å². The third-order valence-corrected chi connectivity index (χ3v) is 2.94. The minimum atomic E-state index is -3.86. The summed E-state index contributed by atoms with van der Waals surface area (Å²) in [5.74, 6) is -0.635. The van der Waals surface area contributed by atoms with Gasteiger partial charge in [0.05, 0.1) is 10.5 Å². The first-order valence-corrected chi connectivity index (χ1v) is 5.36. The van der Waals surface area contributed by atoms with Crippen LogP contribution in [0.2, 0.25) is 0 Å². The number of ether oxygens (including phenoxy) is 1. The Balaban J connectivity index is 2.76. The number of carbonyl (C=O) groups excluding carboxylic acids is 1. The van der Waals surface area contributed by atoms with E-state index in [1.807, 2.05) is 0 Å². The van der Waals surface area contributed by atoms with E-state index in [-0.39, 0.29) is 17.1 Å². The zero-order valence-electron chi connectivity index (χ0n) is 7.06. The van der Waals surface area contributed by atoms with Gasteiger partial charge in [0, 0.05) is 5.56 Å². The fourth-order valence-corrected chi connectivity index (χ4v) is 2.15. The molecular weight excluding hydrogens is 206 g/mol. The molecule has 0 amide bonds. The van der Waals surface area contributed by atoms with Crippen molar-refractivity contribution in [3.05, 3.63) is 29.3 Å². The van der Waals surface area contributed by atoms with Gasteiger partial charge >= 0.3 is 5.97 Å². The summed E-state index contributed by atoms with van der Waals surface area (Å²) < 4.78 is 26.9. The van der Waals surface area contributed by atoms with Gasteiger partial charge in [-0.15, -0.1) is 0 Å². The maximum atomic E-state index is 11.2. The van der Waals surface area contributed by atoms with Gasteiger partial charge in [-0.05, 0) is 6.07 Å². The number of hydrogen-bond acceptors (Lipinski definition) is 4. The van der Waals surface area contributed by atoms with Crippen LogP contribution in [0, 0.1) is 0 Å². The van der Waals surface area contributed by atoms with Crippen LogP contribution < -0.4 is 5.14 Å². The molecule has 0 atom stereocenters. The molecule has 1 aromatic carbocycles. The third kappa shape index (κ3) is 1.28. The number of fused-ring (bicyclic) bond motifs is 1. The van der Waals surface area contributed by atoms with E-state index >= 15 is 0 Å². The van der Waals surface area contributed by atoms with Gasteiger partial charge in [0.2, 0.25) is 10.0 Å². The number of benzene rings is 1. The third-order valence-electron chi connectivity index (χ3n) is 1.98. The summed E-state index contributed by atoms with van der Waals surface area (Å²) in [7, 11) is -3.86. The molecule has 5 nitrogen and oxygen atoms in total. The highest BCUT2D eigenvalue weighted by Gasteiger charge is 2.28. The molecule has 2 N–H and O–H groups in total. The van der Waals surface area contributed by atoms with Crippen molar-refractivity contribution in [1.82, 2.24) is 0 Å². The lowest BCUT2D eigenvalue weighted by Crippen LogP contribution is -2.16. The van der Waals surface area contributed by atoms with Gasteiger partial charge < -0.3 is 4.74 Å². The van der Waals surface area contributed by atoms with E-state index in [4.69, 9.17) is 9.88 Å². The van der Waals surface area contributed by atoms with E-state index < -0.39 is 16.0 Å². The number of carbonyl (C=O) groups is 1. The highest BCUT2D eigenvalue weighted by Crippen LogP contribution is 2.25. The van der Waals surface area contributed by atoms with Gasteiger partial charge in [0.15, 0.2) is 0 Å². The summed E-state index contributed by atoms with van der Waals surface area (Å²) in [6.07, 6.45) is 0. The molecule has 1 aliphatic rings. The molecule has 0 saturated heterocycles. The normalized spacial score (nSPS) is 15.1. The molecule has 0 aliphatic carbocycles. The van der Waals surface area contributed by atoms with E-state index in [9.17, 15) is 13.2 Å². The maximum Gasteiger partial charge on any atom is 0.340 e. The van der Waals surface area contributed by atoms with Crippen LogP contribution in [0.25, 0.3) is 0 Å². The highest BCUT2D eigenvalue weighted by molar-refractivity contribution is 7.89. The summed E-state index contributed by atoms with van der Waals surface area (Å²) in [5.41, 5.74) is 0.622. The average Bonchev–Trinajstić information content (AvgIpc) is 2.46. The van der Waals surface area contributed by atoms with Gasteiger partial charge in [-0.2, -0.15) is 0 Å². The zero-order chi connectivity index (χ0) is 10.3. The monoisotopic (exact) mass is 213 g/mol. The number of primary sulfonamides is 1. The molecule has 2 rings (SSSR count). The standard InChI is InChI=1S/C8H7NO4S/c9-14(11,12)6-3-1-2-5-4-13-8(10)7(5)6/h1-3H,4H2,(H2,9,11,12). The van der Waals surface area contributed by atoms with Crippen LogP contribution in [0.4, 0.5) is 0 Å². The lowest BCUT2D eigenvalue weighted by molar-refractivity contribution is 0.0532. The summed E-state index contributed by atoms with van der Waals surface area (Å²) in [6.45, 7) is 0.109. The van der Waals surface area contributed by atoms with Crippen LogP contribution in [0.1, 0.15) is 15.9 Å². The molecule has 0 radical (unpaired) electrons. The van der Waals surface area contributed by atoms with Crippen LogP contribution in [-0.2, 0) is 21.4 Å². The highest BCUT2D eigenvalue weighted by atomic mass is 32.2. The second kappa shape index (κ2) is 2.79. The molecule has 1 aromatic rings. The topological polar surface area (TPSA) is 86.5 Å². The summed E-state index contributed by atoms with van der Waals surface area (Å²) >= 11 is 0. The first-order chi connectivity index (χ1) is 6.50. The fourth-order valence-electron chi connectivity index (χ4n) is 1.38. The molecule has 1 aliphatic heterocycles. The Labute approximate surface area is 80.5 Å². The van der Waals surface area contributed by atoms with E-state index in [0.29, 0.717) is 5.56 Å². The molecule has 0 saturated carbocycles. The number of cyclic esters (lactones) is 1. The minimum Gasteiger partial charge on any atom is -0.457 e. The van der Waals surface area contributed by atoms with Crippen molar-refractivity contribution in [3.63, 3.8) is 0 Å². The van der Waals surface area contributed by atoms with Crippen molar-refractivity contribution in [2.24, 2.45) is 5.14 Å². The molecule has 0 bridgehead atoms. The molecular formula is C8H7NO4S. The number of rotatable bonds is 1. The number of esters is 1. The summed E-state index contributed by atoms with van der Waals surface area (Å²) in [5, 5.41) is 4.96. The first-order valence-electron chi connectivity index (χ1n) is 3.82. The van der Waals surface area contributed by atoms with Crippen molar-refractivity contribution in [3.8, 4) is 0 Å². The Morgan fingerprint density at radius 1 is 1.36 bits per heavy atom. The minimum absolute atomic E-state index is 0.0648. The predicted octanol–water partition coefficient (Wildman–Crippen LogP) is 0.00440. The van der Waals surface area contributed by atoms with Gasteiger partial charge in [-0.1, -0.05) is 12.1 Å². The Kier molecular flexibility index (Phi) is 1.83.